The number of anilines is 1. The molecule has 3 atom stereocenters. The highest BCUT2D eigenvalue weighted by Gasteiger charge is 2.34. The van der Waals surface area contributed by atoms with Crippen LogP contribution in [0.1, 0.15) is 62.4 Å². The number of benzene rings is 2. The summed E-state index contributed by atoms with van der Waals surface area (Å²) in [5.74, 6) is -0.322. The van der Waals surface area contributed by atoms with E-state index in [1.165, 1.54) is 31.5 Å². The number of carbonyl (C=O) groups is 3. The highest BCUT2D eigenvalue weighted by atomic mass is 19.4. The van der Waals surface area contributed by atoms with Crippen molar-refractivity contribution in [2.24, 2.45) is 0 Å². The molecular formula is C37H42F3N5O6. The normalized spacial score (nSPS) is 18.5. The Morgan fingerprint density at radius 2 is 1.88 bits per heavy atom. The summed E-state index contributed by atoms with van der Waals surface area (Å²) in [5.41, 5.74) is 0.740. The van der Waals surface area contributed by atoms with Crippen LogP contribution in [0.15, 0.2) is 61.3 Å². The zero-order valence-electron chi connectivity index (χ0n) is 29.0. The van der Waals surface area contributed by atoms with E-state index in [4.69, 9.17) is 14.2 Å². The monoisotopic (exact) mass is 709 g/mol. The van der Waals surface area contributed by atoms with Gasteiger partial charge in [-0.15, -0.1) is 0 Å². The molecule has 3 amide bonds. The molecule has 2 aromatic carbocycles. The Hall–Kier alpha value is -4.95. The summed E-state index contributed by atoms with van der Waals surface area (Å²) in [7, 11) is 1.51. The first-order valence-electron chi connectivity index (χ1n) is 16.6. The lowest BCUT2D eigenvalue weighted by molar-refractivity contribution is -0.137. The summed E-state index contributed by atoms with van der Waals surface area (Å²) in [6, 6.07) is 9.13. The van der Waals surface area contributed by atoms with Crippen molar-refractivity contribution in [3.05, 3.63) is 94.7 Å². The lowest BCUT2D eigenvalue weighted by Crippen LogP contribution is -2.54. The minimum atomic E-state index is -4.59. The van der Waals surface area contributed by atoms with Gasteiger partial charge in [-0.25, -0.2) is 4.98 Å². The summed E-state index contributed by atoms with van der Waals surface area (Å²) in [4.78, 5) is 47.8. The van der Waals surface area contributed by atoms with Crippen molar-refractivity contribution in [2.45, 2.75) is 51.6 Å². The lowest BCUT2D eigenvalue weighted by Gasteiger charge is -2.40. The van der Waals surface area contributed by atoms with Crippen LogP contribution >= 0.6 is 0 Å². The smallest absolute Gasteiger partial charge is 0.416 e. The SMILES string of the molecule is C=CC(=O)N1CCN(C[C@@H](Oc2cc(C)c(C(=O)Nc3ncc(OC)cc3C)cc2C(=O)N[C@H]2CCOC2)c2cccc(C(F)(F)F)c2)C[C@H]1C. The fraction of sp³-hybridized carbons (Fsp3) is 0.405. The average Bonchev–Trinajstić information content (AvgIpc) is 3.61. The summed E-state index contributed by atoms with van der Waals surface area (Å²) >= 11 is 0. The number of hydrogen-bond acceptors (Lipinski definition) is 8. The molecule has 2 aliphatic heterocycles. The van der Waals surface area contributed by atoms with Gasteiger partial charge >= 0.3 is 6.18 Å². The van der Waals surface area contributed by atoms with E-state index < -0.39 is 29.7 Å². The number of nitrogens with zero attached hydrogens (tertiary/aromatic N) is 3. The summed E-state index contributed by atoms with van der Waals surface area (Å²) in [6.07, 6.45) is -2.24. The van der Waals surface area contributed by atoms with E-state index in [2.05, 4.69) is 22.2 Å². The van der Waals surface area contributed by atoms with Gasteiger partial charge < -0.3 is 29.7 Å². The summed E-state index contributed by atoms with van der Waals surface area (Å²) in [6.45, 7) is 11.1. The molecule has 272 valence electrons. The molecule has 51 heavy (non-hydrogen) atoms. The predicted molar refractivity (Wildman–Crippen MR) is 184 cm³/mol. The number of ether oxygens (including phenoxy) is 3. The highest BCUT2D eigenvalue weighted by Crippen LogP contribution is 2.34. The number of methoxy groups -OCH3 is 1. The Morgan fingerprint density at radius 1 is 1.10 bits per heavy atom. The van der Waals surface area contributed by atoms with E-state index in [-0.39, 0.29) is 47.0 Å². The number of nitrogens with one attached hydrogen (secondary N) is 2. The number of pyridine rings is 1. The second kappa shape index (κ2) is 15.9. The van der Waals surface area contributed by atoms with Crippen LogP contribution in [0, 0.1) is 13.8 Å². The molecule has 2 N–H and O–H groups in total. The van der Waals surface area contributed by atoms with Gasteiger partial charge in [-0.3, -0.25) is 19.3 Å². The molecule has 14 heteroatoms. The Labute approximate surface area is 294 Å². The molecule has 2 aliphatic rings. The second-order valence-corrected chi connectivity index (χ2v) is 12.8. The quantitative estimate of drug-likeness (QED) is 0.256. The van der Waals surface area contributed by atoms with E-state index in [0.29, 0.717) is 62.0 Å². The molecule has 11 nitrogen and oxygen atoms in total. The van der Waals surface area contributed by atoms with Gasteiger partial charge in [0, 0.05) is 44.4 Å². The van der Waals surface area contributed by atoms with Crippen LogP contribution in [-0.2, 0) is 15.7 Å². The second-order valence-electron chi connectivity index (χ2n) is 12.8. The number of aryl methyl sites for hydroxylation is 2. The first kappa shape index (κ1) is 37.3. The van der Waals surface area contributed by atoms with Gasteiger partial charge in [0.2, 0.25) is 5.91 Å². The number of rotatable bonds is 11. The third-order valence-corrected chi connectivity index (χ3v) is 9.05. The maximum absolute atomic E-state index is 13.9. The zero-order valence-corrected chi connectivity index (χ0v) is 29.0. The van der Waals surface area contributed by atoms with E-state index in [1.807, 2.05) is 11.8 Å². The fourth-order valence-corrected chi connectivity index (χ4v) is 6.24. The van der Waals surface area contributed by atoms with Crippen molar-refractivity contribution in [1.82, 2.24) is 20.1 Å². The van der Waals surface area contributed by atoms with Crippen LogP contribution in [0.3, 0.4) is 0 Å². The fourth-order valence-electron chi connectivity index (χ4n) is 6.24. The minimum Gasteiger partial charge on any atom is -0.495 e. The van der Waals surface area contributed by atoms with Crippen LogP contribution in [-0.4, -0.2) is 91.1 Å². The van der Waals surface area contributed by atoms with Gasteiger partial charge in [0.1, 0.15) is 23.4 Å². The minimum absolute atomic E-state index is 0.0313. The molecule has 0 spiro atoms. The maximum atomic E-state index is 13.9. The van der Waals surface area contributed by atoms with Crippen LogP contribution in [0.25, 0.3) is 0 Å². The highest BCUT2D eigenvalue weighted by molar-refractivity contribution is 6.08. The standard InChI is InChI=1S/C37H42F3N5O6/c1-6-33(46)45-12-11-44(19-24(45)4)20-32(25-8-7-9-26(16-25)37(38,39)40)51-31-15-22(2)29(17-30(31)36(48)42-27-10-13-50-21-27)35(47)43-34-23(3)14-28(49-5)18-41-34/h6-9,14-18,24,27,32H,1,10-13,19-21H2,2-5H3,(H,42,48)(H,41,43,47)/t24-,27+,32-/m1/s1. The van der Waals surface area contributed by atoms with E-state index in [1.54, 1.807) is 36.9 Å². The van der Waals surface area contributed by atoms with Crippen molar-refractivity contribution < 1.29 is 41.8 Å². The van der Waals surface area contributed by atoms with Crippen LogP contribution in [0.5, 0.6) is 11.5 Å². The largest absolute Gasteiger partial charge is 0.495 e. The zero-order chi connectivity index (χ0) is 36.9. The summed E-state index contributed by atoms with van der Waals surface area (Å²) < 4.78 is 58.8. The maximum Gasteiger partial charge on any atom is 0.416 e. The molecule has 3 aromatic rings. The molecule has 2 saturated heterocycles. The Bertz CT molecular complexity index is 1780. The van der Waals surface area contributed by atoms with Gasteiger partial charge in [-0.1, -0.05) is 18.7 Å². The molecule has 2 fully saturated rings. The number of alkyl halides is 3. The molecule has 0 radical (unpaired) electrons. The Morgan fingerprint density at radius 3 is 2.53 bits per heavy atom. The first-order chi connectivity index (χ1) is 24.3. The van der Waals surface area contributed by atoms with Gasteiger partial charge in [0.25, 0.3) is 11.8 Å². The average molecular weight is 710 g/mol. The molecule has 1 aromatic heterocycles. The predicted octanol–water partition coefficient (Wildman–Crippen LogP) is 5.34. The molecule has 0 unspecified atom stereocenters. The van der Waals surface area contributed by atoms with Gasteiger partial charge in [0.05, 0.1) is 37.1 Å². The number of piperazine rings is 1. The summed E-state index contributed by atoms with van der Waals surface area (Å²) in [5, 5.41) is 5.73. The molecule has 0 aliphatic carbocycles. The van der Waals surface area contributed by atoms with Gasteiger partial charge in [-0.2, -0.15) is 13.2 Å². The number of carbonyl (C=O) groups excluding carboxylic acids is 3. The van der Waals surface area contributed by atoms with Crippen LogP contribution in [0.4, 0.5) is 19.0 Å². The molecule has 0 saturated carbocycles. The Balaban J connectivity index is 1.51. The number of halogens is 3. The van der Waals surface area contributed by atoms with Crippen molar-refractivity contribution in [3.63, 3.8) is 0 Å². The first-order valence-corrected chi connectivity index (χ1v) is 16.6. The van der Waals surface area contributed by atoms with Gasteiger partial charge in [-0.05, 0) is 80.3 Å². The van der Waals surface area contributed by atoms with Crippen LogP contribution in [0.2, 0.25) is 0 Å². The molecule has 5 rings (SSSR count). The number of amides is 3. The third kappa shape index (κ3) is 9.05. The van der Waals surface area contributed by atoms with Crippen molar-refractivity contribution >= 4 is 23.5 Å². The van der Waals surface area contributed by atoms with E-state index in [0.717, 1.165) is 12.1 Å². The molecule has 0 bridgehead atoms. The number of aromatic nitrogens is 1. The topological polar surface area (TPSA) is 122 Å². The van der Waals surface area contributed by atoms with E-state index >= 15 is 0 Å². The van der Waals surface area contributed by atoms with Crippen molar-refractivity contribution in [3.8, 4) is 11.5 Å². The van der Waals surface area contributed by atoms with Crippen molar-refractivity contribution in [2.75, 3.05) is 51.8 Å². The van der Waals surface area contributed by atoms with Crippen molar-refractivity contribution in [1.29, 1.82) is 0 Å². The molecule has 3 heterocycles. The lowest BCUT2D eigenvalue weighted by atomic mass is 10.0. The number of hydrogen-bond donors (Lipinski definition) is 2. The van der Waals surface area contributed by atoms with E-state index in [9.17, 15) is 27.6 Å². The molecular weight excluding hydrogens is 667 g/mol. The van der Waals surface area contributed by atoms with Gasteiger partial charge in [0.15, 0.2) is 0 Å². The third-order valence-electron chi connectivity index (χ3n) is 9.05. The van der Waals surface area contributed by atoms with Crippen LogP contribution < -0.4 is 20.1 Å². The Kier molecular flexibility index (Phi) is 11.7.